The van der Waals surface area contributed by atoms with Crippen LogP contribution in [0, 0.1) is 0 Å². The minimum absolute atomic E-state index is 0.207. The summed E-state index contributed by atoms with van der Waals surface area (Å²) in [6.45, 7) is 5.85. The van der Waals surface area contributed by atoms with Crippen molar-refractivity contribution in [1.82, 2.24) is 4.90 Å². The second kappa shape index (κ2) is 4.77. The lowest BCUT2D eigenvalue weighted by atomic mass is 9.84. The predicted octanol–water partition coefficient (Wildman–Crippen LogP) is 1.73. The van der Waals surface area contributed by atoms with Crippen LogP contribution in [0.25, 0.3) is 0 Å². The highest BCUT2D eigenvalue weighted by Gasteiger charge is 2.49. The van der Waals surface area contributed by atoms with Gasteiger partial charge in [0.05, 0.1) is 19.1 Å². The van der Waals surface area contributed by atoms with E-state index in [0.717, 1.165) is 5.56 Å². The van der Waals surface area contributed by atoms with Crippen molar-refractivity contribution in [2.45, 2.75) is 38.0 Å². The average molecular weight is 284 g/mol. The zero-order valence-electron chi connectivity index (χ0n) is 11.4. The number of likely N-dealkylation sites (tertiary alicyclic amines) is 1. The maximum Gasteiger partial charge on any atom is 0.410 e. The number of hydrogen-bond acceptors (Lipinski definition) is 5. The first-order valence-corrected chi connectivity index (χ1v) is 7.13. The van der Waals surface area contributed by atoms with Gasteiger partial charge in [0, 0.05) is 0 Å². The highest BCUT2D eigenvalue weighted by molar-refractivity contribution is 7.07. The van der Waals surface area contributed by atoms with Crippen LogP contribution in [-0.2, 0) is 4.74 Å². The standard InChI is InChI=1S/C13H20N2O3S/c1-12(2,3)18-11(16)15-7-13(17,8-15)10(14)9-4-5-19-6-9/h4-6,10,17H,7-8,14H2,1-3H3. The topological polar surface area (TPSA) is 75.8 Å². The Bertz CT molecular complexity index is 447. The Hall–Kier alpha value is -1.11. The van der Waals surface area contributed by atoms with E-state index in [0.29, 0.717) is 0 Å². The van der Waals surface area contributed by atoms with Crippen LogP contribution in [0.4, 0.5) is 4.79 Å². The van der Waals surface area contributed by atoms with Crippen molar-refractivity contribution in [1.29, 1.82) is 0 Å². The van der Waals surface area contributed by atoms with Gasteiger partial charge in [0.2, 0.25) is 0 Å². The molecule has 0 aliphatic carbocycles. The van der Waals surface area contributed by atoms with E-state index in [1.807, 2.05) is 37.6 Å². The van der Waals surface area contributed by atoms with E-state index in [-0.39, 0.29) is 13.1 Å². The third kappa shape index (κ3) is 3.08. The number of rotatable bonds is 2. The van der Waals surface area contributed by atoms with Gasteiger partial charge >= 0.3 is 6.09 Å². The summed E-state index contributed by atoms with van der Waals surface area (Å²) < 4.78 is 5.24. The van der Waals surface area contributed by atoms with Gasteiger partial charge in [-0.2, -0.15) is 11.3 Å². The molecular weight excluding hydrogens is 264 g/mol. The molecule has 1 aliphatic rings. The van der Waals surface area contributed by atoms with Gasteiger partial charge in [0.25, 0.3) is 0 Å². The van der Waals surface area contributed by atoms with Gasteiger partial charge < -0.3 is 20.5 Å². The molecule has 106 valence electrons. The molecule has 6 heteroatoms. The maximum atomic E-state index is 11.8. The number of nitrogens with two attached hydrogens (primary N) is 1. The first-order chi connectivity index (χ1) is 8.71. The number of ether oxygens (including phenoxy) is 1. The van der Waals surface area contributed by atoms with E-state index in [1.165, 1.54) is 16.2 Å². The van der Waals surface area contributed by atoms with Crippen LogP contribution in [0.3, 0.4) is 0 Å². The minimum atomic E-state index is -1.06. The number of carbonyl (C=O) groups excluding carboxylic acids is 1. The summed E-state index contributed by atoms with van der Waals surface area (Å²) in [6.07, 6.45) is -0.408. The highest BCUT2D eigenvalue weighted by Crippen LogP contribution is 2.34. The SMILES string of the molecule is CC(C)(C)OC(=O)N1CC(O)(C(N)c2ccsc2)C1. The molecule has 1 fully saturated rings. The summed E-state index contributed by atoms with van der Waals surface area (Å²) in [7, 11) is 0. The third-order valence-corrected chi connectivity index (χ3v) is 3.76. The van der Waals surface area contributed by atoms with Crippen LogP contribution >= 0.6 is 11.3 Å². The molecule has 5 nitrogen and oxygen atoms in total. The molecule has 1 aliphatic heterocycles. The third-order valence-electron chi connectivity index (χ3n) is 3.06. The molecular formula is C13H20N2O3S. The average Bonchev–Trinajstić information content (AvgIpc) is 2.74. The monoisotopic (exact) mass is 284 g/mol. The maximum absolute atomic E-state index is 11.8. The zero-order valence-corrected chi connectivity index (χ0v) is 12.2. The van der Waals surface area contributed by atoms with Crippen molar-refractivity contribution in [3.63, 3.8) is 0 Å². The Labute approximate surface area is 117 Å². The van der Waals surface area contributed by atoms with E-state index >= 15 is 0 Å². The van der Waals surface area contributed by atoms with Crippen molar-refractivity contribution in [3.8, 4) is 0 Å². The molecule has 0 saturated carbocycles. The summed E-state index contributed by atoms with van der Waals surface area (Å²) in [4.78, 5) is 13.3. The summed E-state index contributed by atoms with van der Waals surface area (Å²) in [5.41, 5.74) is 5.36. The Morgan fingerprint density at radius 2 is 2.21 bits per heavy atom. The van der Waals surface area contributed by atoms with Crippen molar-refractivity contribution < 1.29 is 14.6 Å². The van der Waals surface area contributed by atoms with Crippen molar-refractivity contribution >= 4 is 17.4 Å². The van der Waals surface area contributed by atoms with Crippen molar-refractivity contribution in [3.05, 3.63) is 22.4 Å². The van der Waals surface area contributed by atoms with Crippen LogP contribution in [0.1, 0.15) is 32.4 Å². The van der Waals surface area contributed by atoms with E-state index in [4.69, 9.17) is 10.5 Å². The van der Waals surface area contributed by atoms with E-state index in [1.54, 1.807) is 0 Å². The summed E-state index contributed by atoms with van der Waals surface area (Å²) in [5.74, 6) is 0. The molecule has 0 bridgehead atoms. The summed E-state index contributed by atoms with van der Waals surface area (Å²) >= 11 is 1.54. The fraction of sp³-hybridized carbons (Fsp3) is 0.615. The molecule has 19 heavy (non-hydrogen) atoms. The van der Waals surface area contributed by atoms with Gasteiger partial charge in [-0.25, -0.2) is 4.79 Å². The first kappa shape index (κ1) is 14.3. The smallest absolute Gasteiger partial charge is 0.410 e. The van der Waals surface area contributed by atoms with Gasteiger partial charge in [-0.1, -0.05) is 0 Å². The van der Waals surface area contributed by atoms with E-state index < -0.39 is 23.3 Å². The van der Waals surface area contributed by atoms with Gasteiger partial charge in [0.1, 0.15) is 11.2 Å². The second-order valence-corrected chi connectivity index (χ2v) is 6.75. The van der Waals surface area contributed by atoms with Crippen molar-refractivity contribution in [2.75, 3.05) is 13.1 Å². The Balaban J connectivity index is 1.93. The molecule has 1 amide bonds. The molecule has 3 N–H and O–H groups in total. The molecule has 1 atom stereocenters. The Morgan fingerprint density at radius 1 is 1.58 bits per heavy atom. The predicted molar refractivity (Wildman–Crippen MR) is 74.0 cm³/mol. The molecule has 1 aromatic rings. The summed E-state index contributed by atoms with van der Waals surface area (Å²) in [6, 6.07) is 1.42. The van der Waals surface area contributed by atoms with E-state index in [2.05, 4.69) is 0 Å². The fourth-order valence-corrected chi connectivity index (χ4v) is 2.73. The number of aliphatic hydroxyl groups is 1. The second-order valence-electron chi connectivity index (χ2n) is 5.97. The first-order valence-electron chi connectivity index (χ1n) is 6.19. The number of amides is 1. The molecule has 1 unspecified atom stereocenters. The number of thiophene rings is 1. The molecule has 1 saturated heterocycles. The number of nitrogens with zero attached hydrogens (tertiary/aromatic N) is 1. The normalized spacial score (nSPS) is 19.7. The molecule has 0 radical (unpaired) electrons. The fourth-order valence-electron chi connectivity index (χ4n) is 2.03. The van der Waals surface area contributed by atoms with Crippen LogP contribution in [-0.4, -0.2) is 40.4 Å². The number of hydrogen-bond donors (Lipinski definition) is 2. The lowest BCUT2D eigenvalue weighted by molar-refractivity contribution is -0.112. The van der Waals surface area contributed by atoms with Crippen LogP contribution in [0.2, 0.25) is 0 Å². The van der Waals surface area contributed by atoms with Crippen molar-refractivity contribution in [2.24, 2.45) is 5.73 Å². The van der Waals surface area contributed by atoms with Gasteiger partial charge in [0.15, 0.2) is 0 Å². The summed E-state index contributed by atoms with van der Waals surface area (Å²) in [5, 5.41) is 14.2. The Kier molecular flexibility index (Phi) is 3.59. The molecule has 2 heterocycles. The van der Waals surface area contributed by atoms with Crippen LogP contribution < -0.4 is 5.73 Å². The molecule has 2 rings (SSSR count). The van der Waals surface area contributed by atoms with Crippen LogP contribution in [0.15, 0.2) is 16.8 Å². The van der Waals surface area contributed by atoms with Crippen LogP contribution in [0.5, 0.6) is 0 Å². The van der Waals surface area contributed by atoms with Gasteiger partial charge in [-0.3, -0.25) is 0 Å². The largest absolute Gasteiger partial charge is 0.444 e. The number of β-amino-alcohol motifs (C(OH)–C–C–N with tert-alkyl or cyclic N) is 1. The molecule has 1 aromatic heterocycles. The van der Waals surface area contributed by atoms with E-state index in [9.17, 15) is 9.90 Å². The molecule has 0 spiro atoms. The minimum Gasteiger partial charge on any atom is -0.444 e. The van der Waals surface area contributed by atoms with Gasteiger partial charge in [-0.15, -0.1) is 0 Å². The highest BCUT2D eigenvalue weighted by atomic mass is 32.1. The lowest BCUT2D eigenvalue weighted by Gasteiger charge is -2.49. The Morgan fingerprint density at radius 3 is 2.68 bits per heavy atom. The van der Waals surface area contributed by atoms with Gasteiger partial charge in [-0.05, 0) is 43.2 Å². The zero-order chi connectivity index (χ0) is 14.3. The number of carbonyl (C=O) groups is 1. The molecule has 0 aromatic carbocycles. The quantitative estimate of drug-likeness (QED) is 0.867. The lowest BCUT2D eigenvalue weighted by Crippen LogP contribution is -2.68.